The SMILES string of the molecule is COc1ccc(NC(=O)C(C)(C)C(=O)Nc2ccc(F)cc2)cc1Cl. The van der Waals surface area contributed by atoms with E-state index in [1.165, 1.54) is 51.3 Å². The van der Waals surface area contributed by atoms with Gasteiger partial charge in [0.2, 0.25) is 11.8 Å². The highest BCUT2D eigenvalue weighted by molar-refractivity contribution is 6.32. The monoisotopic (exact) mass is 364 g/mol. The maximum atomic E-state index is 12.9. The molecule has 0 saturated carbocycles. The zero-order chi connectivity index (χ0) is 18.6. The van der Waals surface area contributed by atoms with Crippen molar-refractivity contribution in [1.82, 2.24) is 0 Å². The van der Waals surface area contributed by atoms with Crippen LogP contribution in [0.15, 0.2) is 42.5 Å². The topological polar surface area (TPSA) is 67.4 Å². The van der Waals surface area contributed by atoms with Gasteiger partial charge in [-0.05, 0) is 56.3 Å². The molecule has 0 aliphatic heterocycles. The molecule has 0 saturated heterocycles. The van der Waals surface area contributed by atoms with Crippen molar-refractivity contribution in [2.24, 2.45) is 5.41 Å². The Kier molecular flexibility index (Phi) is 5.64. The maximum Gasteiger partial charge on any atom is 0.239 e. The Balaban J connectivity index is 2.09. The van der Waals surface area contributed by atoms with Crippen molar-refractivity contribution < 1.29 is 18.7 Å². The van der Waals surface area contributed by atoms with E-state index >= 15 is 0 Å². The second-order valence-corrected chi connectivity index (χ2v) is 6.30. The number of hydrogen-bond donors (Lipinski definition) is 2. The molecule has 2 aromatic carbocycles. The van der Waals surface area contributed by atoms with Crippen molar-refractivity contribution in [1.29, 1.82) is 0 Å². The zero-order valence-electron chi connectivity index (χ0n) is 14.0. The fourth-order valence-corrected chi connectivity index (χ4v) is 2.21. The third-order valence-corrected chi connectivity index (χ3v) is 3.94. The Hall–Kier alpha value is -2.60. The Morgan fingerprint density at radius 2 is 1.52 bits per heavy atom. The summed E-state index contributed by atoms with van der Waals surface area (Å²) >= 11 is 6.02. The fourth-order valence-electron chi connectivity index (χ4n) is 1.96. The van der Waals surface area contributed by atoms with Crippen molar-refractivity contribution in [2.75, 3.05) is 17.7 Å². The van der Waals surface area contributed by atoms with Gasteiger partial charge in [-0.25, -0.2) is 4.39 Å². The molecule has 7 heteroatoms. The van der Waals surface area contributed by atoms with Crippen LogP contribution in [0, 0.1) is 11.2 Å². The number of carbonyl (C=O) groups is 2. The lowest BCUT2D eigenvalue weighted by atomic mass is 9.90. The van der Waals surface area contributed by atoms with Crippen LogP contribution in [0.1, 0.15) is 13.8 Å². The van der Waals surface area contributed by atoms with Crippen LogP contribution in [-0.2, 0) is 9.59 Å². The molecule has 0 spiro atoms. The Morgan fingerprint density at radius 3 is 2.04 bits per heavy atom. The number of anilines is 2. The number of halogens is 2. The van der Waals surface area contributed by atoms with Gasteiger partial charge in [0, 0.05) is 11.4 Å². The highest BCUT2D eigenvalue weighted by Crippen LogP contribution is 2.28. The van der Waals surface area contributed by atoms with Crippen LogP contribution in [0.3, 0.4) is 0 Å². The van der Waals surface area contributed by atoms with E-state index in [-0.39, 0.29) is 0 Å². The Labute approximate surface area is 150 Å². The standard InChI is InChI=1S/C18H18ClFN2O3/c1-18(2,16(23)21-12-6-4-11(20)5-7-12)17(24)22-13-8-9-15(25-3)14(19)10-13/h4-10H,1-3H3,(H,21,23)(H,22,24). The average Bonchev–Trinajstić information content (AvgIpc) is 2.57. The normalized spacial score (nSPS) is 10.9. The number of amides is 2. The quantitative estimate of drug-likeness (QED) is 0.785. The summed E-state index contributed by atoms with van der Waals surface area (Å²) in [6.07, 6.45) is 0. The molecule has 2 amide bonds. The van der Waals surface area contributed by atoms with Crippen molar-refractivity contribution in [3.05, 3.63) is 53.3 Å². The van der Waals surface area contributed by atoms with Crippen LogP contribution in [0.25, 0.3) is 0 Å². The molecule has 25 heavy (non-hydrogen) atoms. The molecule has 0 aromatic heterocycles. The maximum absolute atomic E-state index is 12.9. The van der Waals surface area contributed by atoms with E-state index < -0.39 is 23.0 Å². The van der Waals surface area contributed by atoms with E-state index in [1.54, 1.807) is 12.1 Å². The van der Waals surface area contributed by atoms with Crippen molar-refractivity contribution in [3.63, 3.8) is 0 Å². The van der Waals surface area contributed by atoms with Crippen molar-refractivity contribution in [2.45, 2.75) is 13.8 Å². The smallest absolute Gasteiger partial charge is 0.239 e. The number of hydrogen-bond acceptors (Lipinski definition) is 3. The summed E-state index contributed by atoms with van der Waals surface area (Å²) in [4.78, 5) is 24.9. The van der Waals surface area contributed by atoms with Gasteiger partial charge < -0.3 is 15.4 Å². The van der Waals surface area contributed by atoms with Gasteiger partial charge in [0.05, 0.1) is 12.1 Å². The molecule has 0 atom stereocenters. The molecule has 132 valence electrons. The second kappa shape index (κ2) is 7.53. The zero-order valence-corrected chi connectivity index (χ0v) is 14.8. The van der Waals surface area contributed by atoms with Gasteiger partial charge in [-0.3, -0.25) is 9.59 Å². The summed E-state index contributed by atoms with van der Waals surface area (Å²) in [5, 5.41) is 5.59. The number of ether oxygens (including phenoxy) is 1. The van der Waals surface area contributed by atoms with E-state index in [1.807, 2.05) is 0 Å². The Bertz CT molecular complexity index is 791. The predicted molar refractivity (Wildman–Crippen MR) is 95.4 cm³/mol. The second-order valence-electron chi connectivity index (χ2n) is 5.89. The molecule has 0 aliphatic carbocycles. The van der Waals surface area contributed by atoms with E-state index in [0.717, 1.165) is 0 Å². The summed E-state index contributed by atoms with van der Waals surface area (Å²) in [5.74, 6) is -0.955. The van der Waals surface area contributed by atoms with Gasteiger partial charge in [-0.15, -0.1) is 0 Å². The van der Waals surface area contributed by atoms with E-state index in [2.05, 4.69) is 10.6 Å². The summed E-state index contributed by atoms with van der Waals surface area (Å²) in [6.45, 7) is 2.98. The van der Waals surface area contributed by atoms with Crippen LogP contribution < -0.4 is 15.4 Å². The first-order valence-corrected chi connectivity index (χ1v) is 7.84. The van der Waals surface area contributed by atoms with Gasteiger partial charge in [0.1, 0.15) is 17.0 Å². The average molecular weight is 365 g/mol. The molecule has 0 bridgehead atoms. The minimum absolute atomic E-state index is 0.342. The number of carbonyl (C=O) groups excluding carboxylic acids is 2. The lowest BCUT2D eigenvalue weighted by Crippen LogP contribution is -2.41. The first-order valence-electron chi connectivity index (χ1n) is 7.46. The molecule has 2 aromatic rings. The van der Waals surface area contributed by atoms with Crippen LogP contribution >= 0.6 is 11.6 Å². The predicted octanol–water partition coefficient (Wildman–Crippen LogP) is 4.09. The van der Waals surface area contributed by atoms with E-state index in [4.69, 9.17) is 16.3 Å². The highest BCUT2D eigenvalue weighted by Gasteiger charge is 2.36. The van der Waals surface area contributed by atoms with Gasteiger partial charge >= 0.3 is 0 Å². The lowest BCUT2D eigenvalue weighted by molar-refractivity contribution is -0.135. The fraction of sp³-hybridized carbons (Fsp3) is 0.222. The summed E-state index contributed by atoms with van der Waals surface area (Å²) in [5.41, 5.74) is -0.515. The molecule has 0 fully saturated rings. The molecule has 0 radical (unpaired) electrons. The molecular weight excluding hydrogens is 347 g/mol. The summed E-state index contributed by atoms with van der Waals surface area (Å²) in [7, 11) is 1.49. The third-order valence-electron chi connectivity index (χ3n) is 3.65. The first kappa shape index (κ1) is 18.7. The largest absolute Gasteiger partial charge is 0.495 e. The summed E-state index contributed by atoms with van der Waals surface area (Å²) < 4.78 is 18.0. The van der Waals surface area contributed by atoms with E-state index in [9.17, 15) is 14.0 Å². The van der Waals surface area contributed by atoms with Crippen LogP contribution in [0.2, 0.25) is 5.02 Å². The molecule has 0 unspecified atom stereocenters. The van der Waals surface area contributed by atoms with Crippen LogP contribution in [0.4, 0.5) is 15.8 Å². The first-order chi connectivity index (χ1) is 11.7. The minimum Gasteiger partial charge on any atom is -0.495 e. The molecule has 2 N–H and O–H groups in total. The van der Waals surface area contributed by atoms with Gasteiger partial charge in [0.25, 0.3) is 0 Å². The molecule has 0 heterocycles. The molecule has 0 aliphatic rings. The Morgan fingerprint density at radius 1 is 1.00 bits per heavy atom. The summed E-state index contributed by atoms with van der Waals surface area (Å²) in [6, 6.07) is 10.1. The molecular formula is C18H18ClFN2O3. The number of methoxy groups -OCH3 is 1. The van der Waals surface area contributed by atoms with Gasteiger partial charge in [0.15, 0.2) is 0 Å². The van der Waals surface area contributed by atoms with Gasteiger partial charge in [-0.1, -0.05) is 11.6 Å². The number of benzene rings is 2. The van der Waals surface area contributed by atoms with Gasteiger partial charge in [-0.2, -0.15) is 0 Å². The number of rotatable bonds is 5. The number of nitrogens with one attached hydrogen (secondary N) is 2. The lowest BCUT2D eigenvalue weighted by Gasteiger charge is -2.23. The van der Waals surface area contributed by atoms with E-state index in [0.29, 0.717) is 22.1 Å². The highest BCUT2D eigenvalue weighted by atomic mass is 35.5. The van der Waals surface area contributed by atoms with Crippen molar-refractivity contribution in [3.8, 4) is 5.75 Å². The van der Waals surface area contributed by atoms with Crippen LogP contribution in [-0.4, -0.2) is 18.9 Å². The molecule has 2 rings (SSSR count). The van der Waals surface area contributed by atoms with Crippen LogP contribution in [0.5, 0.6) is 5.75 Å². The molecule has 5 nitrogen and oxygen atoms in total. The third kappa shape index (κ3) is 4.48. The minimum atomic E-state index is -1.36. The van der Waals surface area contributed by atoms with Crippen molar-refractivity contribution >= 4 is 34.8 Å².